The Morgan fingerprint density at radius 1 is 1.53 bits per heavy atom. The molecule has 0 aliphatic carbocycles. The van der Waals surface area contributed by atoms with Crippen LogP contribution < -0.4 is 5.32 Å². The summed E-state index contributed by atoms with van der Waals surface area (Å²) in [7, 11) is 0. The summed E-state index contributed by atoms with van der Waals surface area (Å²) < 4.78 is 5.62. The SMILES string of the molecule is CCO[C@@H]1CCCN(CC(=O)NCC(C)C)C1. The average Bonchev–Trinajstić information content (AvgIpc) is 2.27. The first-order chi connectivity index (χ1) is 8.11. The van der Waals surface area contributed by atoms with Crippen LogP contribution in [-0.4, -0.2) is 49.7 Å². The van der Waals surface area contributed by atoms with Crippen molar-refractivity contribution in [2.75, 3.05) is 32.8 Å². The molecule has 17 heavy (non-hydrogen) atoms. The summed E-state index contributed by atoms with van der Waals surface area (Å²) in [6, 6.07) is 0. The minimum absolute atomic E-state index is 0.135. The van der Waals surface area contributed by atoms with Gasteiger partial charge in [0, 0.05) is 19.7 Å². The summed E-state index contributed by atoms with van der Waals surface area (Å²) in [6.45, 7) is 10.2. The van der Waals surface area contributed by atoms with Crippen molar-refractivity contribution in [3.63, 3.8) is 0 Å². The first kappa shape index (κ1) is 14.5. The summed E-state index contributed by atoms with van der Waals surface area (Å²) in [4.78, 5) is 13.9. The Bertz CT molecular complexity index is 229. The van der Waals surface area contributed by atoms with Gasteiger partial charge in [-0.1, -0.05) is 13.8 Å². The van der Waals surface area contributed by atoms with Crippen molar-refractivity contribution in [2.45, 2.75) is 39.7 Å². The minimum Gasteiger partial charge on any atom is -0.377 e. The van der Waals surface area contributed by atoms with Gasteiger partial charge in [-0.15, -0.1) is 0 Å². The molecule has 0 aromatic rings. The first-order valence-corrected chi connectivity index (χ1v) is 6.72. The van der Waals surface area contributed by atoms with E-state index in [1.54, 1.807) is 0 Å². The molecule has 1 rings (SSSR count). The molecular formula is C13H26N2O2. The molecule has 0 aromatic carbocycles. The molecule has 0 unspecified atom stereocenters. The second-order valence-corrected chi connectivity index (χ2v) is 5.15. The van der Waals surface area contributed by atoms with Crippen LogP contribution >= 0.6 is 0 Å². The molecule has 0 spiro atoms. The Morgan fingerprint density at radius 3 is 2.94 bits per heavy atom. The van der Waals surface area contributed by atoms with Crippen LogP contribution in [0.5, 0.6) is 0 Å². The normalized spacial score (nSPS) is 21.8. The smallest absolute Gasteiger partial charge is 0.234 e. The third-order valence-electron chi connectivity index (χ3n) is 2.94. The van der Waals surface area contributed by atoms with Gasteiger partial charge in [0.05, 0.1) is 12.6 Å². The van der Waals surface area contributed by atoms with Crippen molar-refractivity contribution in [1.82, 2.24) is 10.2 Å². The lowest BCUT2D eigenvalue weighted by Crippen LogP contribution is -2.45. The van der Waals surface area contributed by atoms with E-state index >= 15 is 0 Å². The second kappa shape index (κ2) is 7.67. The Morgan fingerprint density at radius 2 is 2.29 bits per heavy atom. The largest absolute Gasteiger partial charge is 0.377 e. The number of nitrogens with zero attached hydrogens (tertiary/aromatic N) is 1. The molecule has 1 atom stereocenters. The van der Waals surface area contributed by atoms with Gasteiger partial charge < -0.3 is 10.1 Å². The van der Waals surface area contributed by atoms with E-state index in [1.165, 1.54) is 0 Å². The van der Waals surface area contributed by atoms with Gasteiger partial charge in [0.2, 0.25) is 5.91 Å². The van der Waals surface area contributed by atoms with Crippen molar-refractivity contribution in [3.8, 4) is 0 Å². The Labute approximate surface area is 105 Å². The van der Waals surface area contributed by atoms with Crippen LogP contribution in [0.25, 0.3) is 0 Å². The predicted octanol–water partition coefficient (Wildman–Crippen LogP) is 1.26. The second-order valence-electron chi connectivity index (χ2n) is 5.15. The quantitative estimate of drug-likeness (QED) is 0.762. The number of piperidine rings is 1. The van der Waals surface area contributed by atoms with Crippen molar-refractivity contribution in [2.24, 2.45) is 5.92 Å². The zero-order valence-electron chi connectivity index (χ0n) is 11.4. The third-order valence-corrected chi connectivity index (χ3v) is 2.94. The summed E-state index contributed by atoms with van der Waals surface area (Å²) in [5, 5.41) is 2.95. The van der Waals surface area contributed by atoms with Crippen molar-refractivity contribution in [1.29, 1.82) is 0 Å². The fourth-order valence-electron chi connectivity index (χ4n) is 2.11. The molecule has 1 heterocycles. The fourth-order valence-corrected chi connectivity index (χ4v) is 2.11. The monoisotopic (exact) mass is 242 g/mol. The van der Waals surface area contributed by atoms with Gasteiger partial charge >= 0.3 is 0 Å². The van der Waals surface area contributed by atoms with Crippen molar-refractivity contribution in [3.05, 3.63) is 0 Å². The van der Waals surface area contributed by atoms with Crippen LogP contribution in [0.4, 0.5) is 0 Å². The van der Waals surface area contributed by atoms with Gasteiger partial charge in [-0.3, -0.25) is 9.69 Å². The van der Waals surface area contributed by atoms with Crippen molar-refractivity contribution < 1.29 is 9.53 Å². The highest BCUT2D eigenvalue weighted by Gasteiger charge is 2.21. The number of hydrogen-bond acceptors (Lipinski definition) is 3. The zero-order valence-corrected chi connectivity index (χ0v) is 11.4. The van der Waals surface area contributed by atoms with Gasteiger partial charge in [0.15, 0.2) is 0 Å². The Kier molecular flexibility index (Phi) is 6.52. The molecule has 1 fully saturated rings. The molecule has 4 heteroatoms. The standard InChI is InChI=1S/C13H26N2O2/c1-4-17-12-6-5-7-15(9-12)10-13(16)14-8-11(2)3/h11-12H,4-10H2,1-3H3,(H,14,16)/t12-/m1/s1. The molecule has 1 saturated heterocycles. The number of amides is 1. The van der Waals surface area contributed by atoms with E-state index in [9.17, 15) is 4.79 Å². The third kappa shape index (κ3) is 6.03. The average molecular weight is 242 g/mol. The minimum atomic E-state index is 0.135. The lowest BCUT2D eigenvalue weighted by atomic mass is 10.1. The molecule has 0 saturated carbocycles. The van der Waals surface area contributed by atoms with E-state index in [0.29, 0.717) is 18.6 Å². The molecule has 1 aliphatic heterocycles. The van der Waals surface area contributed by atoms with Gasteiger partial charge in [-0.05, 0) is 32.2 Å². The maximum atomic E-state index is 11.7. The summed E-state index contributed by atoms with van der Waals surface area (Å²) in [5.41, 5.74) is 0. The van der Waals surface area contributed by atoms with Gasteiger partial charge in [-0.2, -0.15) is 0 Å². The van der Waals surface area contributed by atoms with Crippen molar-refractivity contribution >= 4 is 5.91 Å². The number of hydrogen-bond donors (Lipinski definition) is 1. The number of carbonyl (C=O) groups is 1. The molecule has 0 radical (unpaired) electrons. The summed E-state index contributed by atoms with van der Waals surface area (Å²) in [6.07, 6.45) is 2.56. The molecule has 0 bridgehead atoms. The van der Waals surface area contributed by atoms with Crippen LogP contribution in [0.1, 0.15) is 33.6 Å². The molecule has 1 N–H and O–H groups in total. The highest BCUT2D eigenvalue weighted by atomic mass is 16.5. The first-order valence-electron chi connectivity index (χ1n) is 6.72. The van der Waals surface area contributed by atoms with E-state index in [0.717, 1.165) is 39.1 Å². The Balaban J connectivity index is 2.23. The number of likely N-dealkylation sites (tertiary alicyclic amines) is 1. The highest BCUT2D eigenvalue weighted by molar-refractivity contribution is 5.78. The van der Waals surface area contributed by atoms with Gasteiger partial charge in [-0.25, -0.2) is 0 Å². The van der Waals surface area contributed by atoms with Crippen LogP contribution in [0, 0.1) is 5.92 Å². The molecule has 4 nitrogen and oxygen atoms in total. The summed E-state index contributed by atoms with van der Waals surface area (Å²) in [5.74, 6) is 0.646. The van der Waals surface area contributed by atoms with E-state index in [4.69, 9.17) is 4.74 Å². The number of ether oxygens (including phenoxy) is 1. The molecule has 100 valence electrons. The van der Waals surface area contributed by atoms with E-state index in [1.807, 2.05) is 6.92 Å². The summed E-state index contributed by atoms with van der Waals surface area (Å²) >= 11 is 0. The van der Waals surface area contributed by atoms with Gasteiger partial charge in [0.1, 0.15) is 0 Å². The molecule has 1 amide bonds. The lowest BCUT2D eigenvalue weighted by Gasteiger charge is -2.31. The van der Waals surface area contributed by atoms with E-state index < -0.39 is 0 Å². The van der Waals surface area contributed by atoms with Gasteiger partial charge in [0.25, 0.3) is 0 Å². The van der Waals surface area contributed by atoms with Crippen LogP contribution in [0.3, 0.4) is 0 Å². The molecule has 0 aromatic heterocycles. The topological polar surface area (TPSA) is 41.6 Å². The molecule has 1 aliphatic rings. The number of rotatable bonds is 6. The maximum absolute atomic E-state index is 11.7. The van der Waals surface area contributed by atoms with Crippen LogP contribution in [0.15, 0.2) is 0 Å². The Hall–Kier alpha value is -0.610. The number of nitrogens with one attached hydrogen (secondary N) is 1. The van der Waals surface area contributed by atoms with E-state index in [2.05, 4.69) is 24.1 Å². The molecular weight excluding hydrogens is 216 g/mol. The fraction of sp³-hybridized carbons (Fsp3) is 0.923. The van der Waals surface area contributed by atoms with Crippen LogP contribution in [-0.2, 0) is 9.53 Å². The number of carbonyl (C=O) groups excluding carboxylic acids is 1. The van der Waals surface area contributed by atoms with Crippen LogP contribution in [0.2, 0.25) is 0 Å². The highest BCUT2D eigenvalue weighted by Crippen LogP contribution is 2.12. The maximum Gasteiger partial charge on any atom is 0.234 e. The van der Waals surface area contributed by atoms with E-state index in [-0.39, 0.29) is 5.91 Å². The lowest BCUT2D eigenvalue weighted by molar-refractivity contribution is -0.123. The predicted molar refractivity (Wildman–Crippen MR) is 68.9 cm³/mol. The zero-order chi connectivity index (χ0) is 12.7.